The van der Waals surface area contributed by atoms with E-state index in [2.05, 4.69) is 10.3 Å². The van der Waals surface area contributed by atoms with E-state index in [4.69, 9.17) is 22.0 Å². The standard InChI is InChI=1S/C12H14ClN3O2/c1-2-3-4-10(12(17)18)16-11-9(13)5-8(6-14)7-15-11/h5,7,10H,2-4H2,1H3,(H,15,16)(H,17,18). The highest BCUT2D eigenvalue weighted by Gasteiger charge is 2.18. The molecule has 1 aromatic rings. The van der Waals surface area contributed by atoms with Gasteiger partial charge in [-0.05, 0) is 12.5 Å². The predicted octanol–water partition coefficient (Wildman–Crippen LogP) is 2.66. The van der Waals surface area contributed by atoms with Crippen LogP contribution in [0.15, 0.2) is 12.3 Å². The third kappa shape index (κ3) is 3.90. The maximum absolute atomic E-state index is 11.1. The summed E-state index contributed by atoms with van der Waals surface area (Å²) in [6, 6.07) is 2.65. The molecule has 1 unspecified atom stereocenters. The van der Waals surface area contributed by atoms with Gasteiger partial charge in [0.15, 0.2) is 0 Å². The van der Waals surface area contributed by atoms with E-state index in [1.165, 1.54) is 12.3 Å². The second kappa shape index (κ2) is 6.82. The maximum atomic E-state index is 11.1. The first-order valence-electron chi connectivity index (χ1n) is 5.63. The van der Waals surface area contributed by atoms with Crippen LogP contribution in [0.2, 0.25) is 5.02 Å². The number of pyridine rings is 1. The molecule has 5 nitrogen and oxygen atoms in total. The van der Waals surface area contributed by atoms with Crippen LogP contribution in [-0.2, 0) is 4.79 Å². The first-order valence-corrected chi connectivity index (χ1v) is 6.01. The van der Waals surface area contributed by atoms with Crippen molar-refractivity contribution in [1.82, 2.24) is 4.98 Å². The van der Waals surface area contributed by atoms with Crippen LogP contribution in [0.25, 0.3) is 0 Å². The topological polar surface area (TPSA) is 86.0 Å². The molecule has 0 fully saturated rings. The van der Waals surface area contributed by atoms with Gasteiger partial charge in [0.1, 0.15) is 17.9 Å². The van der Waals surface area contributed by atoms with Gasteiger partial charge in [-0.1, -0.05) is 31.4 Å². The highest BCUT2D eigenvalue weighted by molar-refractivity contribution is 6.33. The molecule has 0 aliphatic heterocycles. The molecule has 1 atom stereocenters. The van der Waals surface area contributed by atoms with Crippen LogP contribution in [0.3, 0.4) is 0 Å². The van der Waals surface area contributed by atoms with Gasteiger partial charge in [0, 0.05) is 6.20 Å². The summed E-state index contributed by atoms with van der Waals surface area (Å²) in [6.07, 6.45) is 3.58. The summed E-state index contributed by atoms with van der Waals surface area (Å²) in [5.74, 6) is -0.648. The quantitative estimate of drug-likeness (QED) is 0.827. The number of aromatic nitrogens is 1. The second-order valence-corrected chi connectivity index (χ2v) is 4.25. The molecule has 0 aliphatic carbocycles. The number of hydrogen-bond acceptors (Lipinski definition) is 4. The molecule has 0 amide bonds. The van der Waals surface area contributed by atoms with Gasteiger partial charge in [-0.2, -0.15) is 5.26 Å². The van der Waals surface area contributed by atoms with Gasteiger partial charge in [-0.15, -0.1) is 0 Å². The smallest absolute Gasteiger partial charge is 0.326 e. The summed E-state index contributed by atoms with van der Waals surface area (Å²) >= 11 is 5.92. The summed E-state index contributed by atoms with van der Waals surface area (Å²) in [5, 5.41) is 20.8. The van der Waals surface area contributed by atoms with Gasteiger partial charge in [-0.25, -0.2) is 9.78 Å². The highest BCUT2D eigenvalue weighted by Crippen LogP contribution is 2.21. The van der Waals surface area contributed by atoms with Gasteiger partial charge in [0.25, 0.3) is 0 Å². The summed E-state index contributed by atoms with van der Waals surface area (Å²) in [7, 11) is 0. The summed E-state index contributed by atoms with van der Waals surface area (Å²) in [4.78, 5) is 15.0. The minimum Gasteiger partial charge on any atom is -0.480 e. The number of carbonyl (C=O) groups is 1. The average molecular weight is 268 g/mol. The van der Waals surface area contributed by atoms with Gasteiger partial charge in [-0.3, -0.25) is 0 Å². The van der Waals surface area contributed by atoms with Crippen molar-refractivity contribution in [3.05, 3.63) is 22.8 Å². The minimum atomic E-state index is -0.939. The van der Waals surface area contributed by atoms with E-state index >= 15 is 0 Å². The molecule has 0 radical (unpaired) electrons. The molecule has 0 saturated heterocycles. The van der Waals surface area contributed by atoms with Gasteiger partial charge in [0.05, 0.1) is 10.6 Å². The van der Waals surface area contributed by atoms with Gasteiger partial charge >= 0.3 is 5.97 Å². The number of hydrogen-bond donors (Lipinski definition) is 2. The van der Waals surface area contributed by atoms with E-state index in [-0.39, 0.29) is 5.02 Å². The Labute approximate surface area is 110 Å². The van der Waals surface area contributed by atoms with Crippen molar-refractivity contribution in [3.8, 4) is 6.07 Å². The molecule has 0 aliphatic rings. The van der Waals surface area contributed by atoms with Crippen LogP contribution in [0.5, 0.6) is 0 Å². The third-order valence-corrected chi connectivity index (χ3v) is 2.71. The van der Waals surface area contributed by atoms with Crippen molar-refractivity contribution in [2.24, 2.45) is 0 Å². The molecule has 1 heterocycles. The van der Waals surface area contributed by atoms with Crippen molar-refractivity contribution < 1.29 is 9.90 Å². The monoisotopic (exact) mass is 267 g/mol. The van der Waals surface area contributed by atoms with E-state index in [0.29, 0.717) is 17.8 Å². The zero-order chi connectivity index (χ0) is 13.5. The SMILES string of the molecule is CCCCC(Nc1ncc(C#N)cc1Cl)C(=O)O. The number of nitriles is 1. The molecule has 1 aromatic heterocycles. The van der Waals surface area contributed by atoms with Crippen LogP contribution in [0, 0.1) is 11.3 Å². The molecular formula is C12H14ClN3O2. The number of nitrogens with one attached hydrogen (secondary N) is 1. The molecule has 0 bridgehead atoms. The fourth-order valence-electron chi connectivity index (χ4n) is 1.44. The Kier molecular flexibility index (Phi) is 5.40. The second-order valence-electron chi connectivity index (χ2n) is 3.84. The van der Waals surface area contributed by atoms with Crippen molar-refractivity contribution in [2.45, 2.75) is 32.2 Å². The largest absolute Gasteiger partial charge is 0.480 e. The Morgan fingerprint density at radius 1 is 1.72 bits per heavy atom. The molecular weight excluding hydrogens is 254 g/mol. The number of carboxylic acids is 1. The van der Waals surface area contributed by atoms with Crippen LogP contribution in [0.4, 0.5) is 5.82 Å². The average Bonchev–Trinajstić information content (AvgIpc) is 2.35. The Hall–Kier alpha value is -1.80. The van der Waals surface area contributed by atoms with Crippen LogP contribution >= 0.6 is 11.6 Å². The van der Waals surface area contributed by atoms with E-state index in [1.807, 2.05) is 13.0 Å². The van der Waals surface area contributed by atoms with Gasteiger partial charge < -0.3 is 10.4 Å². The molecule has 0 aromatic carbocycles. The zero-order valence-corrected chi connectivity index (χ0v) is 10.7. The summed E-state index contributed by atoms with van der Waals surface area (Å²) < 4.78 is 0. The lowest BCUT2D eigenvalue weighted by Crippen LogP contribution is -2.29. The van der Waals surface area contributed by atoms with Gasteiger partial charge in [0.2, 0.25) is 0 Å². The number of halogens is 1. The number of rotatable bonds is 6. The fourth-order valence-corrected chi connectivity index (χ4v) is 1.66. The Balaban J connectivity index is 2.81. The summed E-state index contributed by atoms with van der Waals surface area (Å²) in [6.45, 7) is 1.99. The Morgan fingerprint density at radius 2 is 2.44 bits per heavy atom. The molecule has 18 heavy (non-hydrogen) atoms. The van der Waals surface area contributed by atoms with E-state index in [9.17, 15) is 4.79 Å². The molecule has 96 valence electrons. The zero-order valence-electron chi connectivity index (χ0n) is 9.98. The number of anilines is 1. The highest BCUT2D eigenvalue weighted by atomic mass is 35.5. The van der Waals surface area contributed by atoms with Crippen LogP contribution < -0.4 is 5.32 Å². The fraction of sp³-hybridized carbons (Fsp3) is 0.417. The normalized spacial score (nSPS) is 11.6. The van der Waals surface area contributed by atoms with E-state index in [1.54, 1.807) is 0 Å². The lowest BCUT2D eigenvalue weighted by Gasteiger charge is -2.15. The van der Waals surface area contributed by atoms with Crippen LogP contribution in [-0.4, -0.2) is 22.1 Å². The molecule has 6 heteroatoms. The number of unbranched alkanes of at least 4 members (excludes halogenated alkanes) is 1. The minimum absolute atomic E-state index is 0.247. The Bertz CT molecular complexity index is 471. The van der Waals surface area contributed by atoms with Crippen molar-refractivity contribution in [2.75, 3.05) is 5.32 Å². The van der Waals surface area contributed by atoms with E-state index < -0.39 is 12.0 Å². The summed E-state index contributed by atoms with van der Waals surface area (Å²) in [5.41, 5.74) is 0.339. The predicted molar refractivity (Wildman–Crippen MR) is 68.5 cm³/mol. The lowest BCUT2D eigenvalue weighted by atomic mass is 10.1. The van der Waals surface area contributed by atoms with E-state index in [0.717, 1.165) is 12.8 Å². The van der Waals surface area contributed by atoms with Crippen molar-refractivity contribution in [1.29, 1.82) is 5.26 Å². The first-order chi connectivity index (χ1) is 8.58. The lowest BCUT2D eigenvalue weighted by molar-refractivity contribution is -0.138. The number of carboxylic acid groups (broad SMARTS) is 1. The molecule has 1 rings (SSSR count). The van der Waals surface area contributed by atoms with Crippen molar-refractivity contribution in [3.63, 3.8) is 0 Å². The number of nitrogens with zero attached hydrogens (tertiary/aromatic N) is 2. The molecule has 0 spiro atoms. The van der Waals surface area contributed by atoms with Crippen molar-refractivity contribution >= 4 is 23.4 Å². The number of aliphatic carboxylic acids is 1. The Morgan fingerprint density at radius 3 is 2.94 bits per heavy atom. The first kappa shape index (κ1) is 14.3. The molecule has 0 saturated carbocycles. The maximum Gasteiger partial charge on any atom is 0.326 e. The third-order valence-electron chi connectivity index (χ3n) is 2.43. The van der Waals surface area contributed by atoms with Crippen LogP contribution in [0.1, 0.15) is 31.7 Å². The molecule has 2 N–H and O–H groups in total.